The van der Waals surface area contributed by atoms with E-state index in [1.165, 1.54) is 6.08 Å². The Morgan fingerprint density at radius 2 is 2.17 bits per heavy atom. The molecule has 1 heterocycles. The van der Waals surface area contributed by atoms with E-state index in [2.05, 4.69) is 0 Å². The summed E-state index contributed by atoms with van der Waals surface area (Å²) < 4.78 is 16.6. The van der Waals surface area contributed by atoms with Crippen molar-refractivity contribution in [2.75, 3.05) is 13.2 Å². The Balaban J connectivity index is 2.13. The zero-order valence-electron chi connectivity index (χ0n) is 13.8. The number of allylic oxidation sites excluding steroid dienone is 1. The molecule has 1 aromatic rings. The number of carbonyl (C=O) groups is 1. The molecule has 1 fully saturated rings. The van der Waals surface area contributed by atoms with E-state index < -0.39 is 5.79 Å². The fourth-order valence-electron chi connectivity index (χ4n) is 2.60. The van der Waals surface area contributed by atoms with Crippen molar-refractivity contribution in [1.82, 2.24) is 0 Å². The van der Waals surface area contributed by atoms with Crippen LogP contribution in [-0.2, 0) is 19.0 Å². The molecule has 2 atom stereocenters. The lowest BCUT2D eigenvalue weighted by Crippen LogP contribution is -2.41. The van der Waals surface area contributed by atoms with Crippen molar-refractivity contribution in [3.63, 3.8) is 0 Å². The van der Waals surface area contributed by atoms with Crippen LogP contribution in [0.4, 0.5) is 0 Å². The highest BCUT2D eigenvalue weighted by Gasteiger charge is 2.37. The summed E-state index contributed by atoms with van der Waals surface area (Å²) >= 11 is 0. The number of benzene rings is 1. The SMILES string of the molecule is CCOC(=O)/C=C/C[C@@H]1COC(C)(C)OC1c1ccccc1O. The van der Waals surface area contributed by atoms with Crippen LogP contribution < -0.4 is 0 Å². The first-order valence-electron chi connectivity index (χ1n) is 7.86. The summed E-state index contributed by atoms with van der Waals surface area (Å²) in [4.78, 5) is 11.4. The summed E-state index contributed by atoms with van der Waals surface area (Å²) in [6, 6.07) is 7.14. The van der Waals surface area contributed by atoms with E-state index in [1.807, 2.05) is 26.0 Å². The molecular formula is C18H24O5. The van der Waals surface area contributed by atoms with Gasteiger partial charge in [0.2, 0.25) is 0 Å². The molecule has 1 aromatic carbocycles. The Labute approximate surface area is 136 Å². The number of phenols is 1. The number of carbonyl (C=O) groups excluding carboxylic acids is 1. The van der Waals surface area contributed by atoms with Crippen molar-refractivity contribution in [3.8, 4) is 5.75 Å². The van der Waals surface area contributed by atoms with Gasteiger partial charge in [-0.2, -0.15) is 0 Å². The second kappa shape index (κ2) is 7.62. The third-order valence-corrected chi connectivity index (χ3v) is 3.71. The second-order valence-electron chi connectivity index (χ2n) is 5.96. The van der Waals surface area contributed by atoms with Crippen LogP contribution in [0.1, 0.15) is 38.9 Å². The zero-order chi connectivity index (χ0) is 16.9. The lowest BCUT2D eigenvalue weighted by Gasteiger charge is -2.41. The Hall–Kier alpha value is -1.85. The van der Waals surface area contributed by atoms with Gasteiger partial charge in [0.1, 0.15) is 5.75 Å². The van der Waals surface area contributed by atoms with E-state index in [-0.39, 0.29) is 23.7 Å². The molecule has 1 unspecified atom stereocenters. The summed E-state index contributed by atoms with van der Waals surface area (Å²) in [5.74, 6) is -0.866. The highest BCUT2D eigenvalue weighted by atomic mass is 16.7. The fraction of sp³-hybridized carbons (Fsp3) is 0.500. The molecule has 0 aliphatic carbocycles. The second-order valence-corrected chi connectivity index (χ2v) is 5.96. The highest BCUT2D eigenvalue weighted by Crippen LogP contribution is 2.41. The maximum atomic E-state index is 11.4. The van der Waals surface area contributed by atoms with Gasteiger partial charge in [-0.25, -0.2) is 4.79 Å². The number of phenolic OH excluding ortho intramolecular Hbond substituents is 1. The molecule has 0 saturated carbocycles. The van der Waals surface area contributed by atoms with Gasteiger partial charge < -0.3 is 19.3 Å². The molecule has 5 heteroatoms. The molecule has 5 nitrogen and oxygen atoms in total. The van der Waals surface area contributed by atoms with Gasteiger partial charge in [-0.15, -0.1) is 0 Å². The Bertz CT molecular complexity index is 564. The van der Waals surface area contributed by atoms with Crippen LogP contribution in [0.15, 0.2) is 36.4 Å². The molecule has 0 radical (unpaired) electrons. The molecule has 0 amide bonds. The molecule has 0 bridgehead atoms. The molecule has 1 aliphatic rings. The first-order chi connectivity index (χ1) is 10.9. The van der Waals surface area contributed by atoms with Crippen LogP contribution in [0.3, 0.4) is 0 Å². The number of aromatic hydroxyl groups is 1. The van der Waals surface area contributed by atoms with E-state index in [0.717, 1.165) is 5.56 Å². The lowest BCUT2D eigenvalue weighted by atomic mass is 9.91. The van der Waals surface area contributed by atoms with Crippen LogP contribution in [0.2, 0.25) is 0 Å². The average molecular weight is 320 g/mol. The van der Waals surface area contributed by atoms with Gasteiger partial charge in [0, 0.05) is 17.6 Å². The van der Waals surface area contributed by atoms with E-state index in [4.69, 9.17) is 14.2 Å². The van der Waals surface area contributed by atoms with Gasteiger partial charge in [0.15, 0.2) is 5.79 Å². The van der Waals surface area contributed by atoms with Crippen LogP contribution in [0.5, 0.6) is 5.75 Å². The molecule has 2 rings (SSSR count). The van der Waals surface area contributed by atoms with Crippen molar-refractivity contribution in [2.24, 2.45) is 5.92 Å². The molecular weight excluding hydrogens is 296 g/mol. The summed E-state index contributed by atoms with van der Waals surface area (Å²) in [6.07, 6.45) is 3.48. The first-order valence-corrected chi connectivity index (χ1v) is 7.86. The summed E-state index contributed by atoms with van der Waals surface area (Å²) in [7, 11) is 0. The van der Waals surface area contributed by atoms with E-state index in [1.54, 1.807) is 25.1 Å². The minimum absolute atomic E-state index is 0.00185. The normalized spacial score (nSPS) is 23.8. The Kier molecular flexibility index (Phi) is 5.80. The molecule has 126 valence electrons. The quantitative estimate of drug-likeness (QED) is 0.666. The van der Waals surface area contributed by atoms with E-state index in [9.17, 15) is 9.90 Å². The third kappa shape index (κ3) is 4.81. The van der Waals surface area contributed by atoms with Gasteiger partial charge in [-0.05, 0) is 33.3 Å². The van der Waals surface area contributed by atoms with Gasteiger partial charge in [0.25, 0.3) is 0 Å². The topological polar surface area (TPSA) is 65.0 Å². The molecule has 1 aliphatic heterocycles. The monoisotopic (exact) mass is 320 g/mol. The Morgan fingerprint density at radius 1 is 1.43 bits per heavy atom. The standard InChI is InChI=1S/C18H24O5/c1-4-21-16(20)11-7-8-13-12-22-18(2,3)23-17(13)14-9-5-6-10-15(14)19/h5-7,9-11,13,17,19H,4,8,12H2,1-3H3/b11-7+/t13-,17?/m1/s1. The summed E-state index contributed by atoms with van der Waals surface area (Å²) in [6.45, 7) is 6.31. The Morgan fingerprint density at radius 3 is 2.87 bits per heavy atom. The van der Waals surface area contributed by atoms with Crippen LogP contribution in [0, 0.1) is 5.92 Å². The highest BCUT2D eigenvalue weighted by molar-refractivity contribution is 5.81. The molecule has 0 aromatic heterocycles. The molecule has 0 spiro atoms. The van der Waals surface area contributed by atoms with Gasteiger partial charge in [-0.3, -0.25) is 0 Å². The van der Waals surface area contributed by atoms with E-state index >= 15 is 0 Å². The largest absolute Gasteiger partial charge is 0.508 e. The predicted octanol–water partition coefficient (Wildman–Crippen LogP) is 3.34. The van der Waals surface area contributed by atoms with E-state index in [0.29, 0.717) is 19.6 Å². The van der Waals surface area contributed by atoms with Crippen molar-refractivity contribution >= 4 is 5.97 Å². The van der Waals surface area contributed by atoms with Gasteiger partial charge in [-0.1, -0.05) is 24.3 Å². The number of hydrogen-bond acceptors (Lipinski definition) is 5. The minimum atomic E-state index is -0.714. The number of hydrogen-bond donors (Lipinski definition) is 1. The van der Waals surface area contributed by atoms with Crippen molar-refractivity contribution < 1.29 is 24.1 Å². The fourth-order valence-corrected chi connectivity index (χ4v) is 2.60. The number of para-hydroxylation sites is 1. The third-order valence-electron chi connectivity index (χ3n) is 3.71. The van der Waals surface area contributed by atoms with Crippen LogP contribution >= 0.6 is 0 Å². The summed E-state index contributed by atoms with van der Waals surface area (Å²) in [5.41, 5.74) is 0.735. The average Bonchev–Trinajstić information content (AvgIpc) is 2.49. The van der Waals surface area contributed by atoms with Crippen molar-refractivity contribution in [3.05, 3.63) is 42.0 Å². The van der Waals surface area contributed by atoms with Crippen molar-refractivity contribution in [1.29, 1.82) is 0 Å². The zero-order valence-corrected chi connectivity index (χ0v) is 13.8. The van der Waals surface area contributed by atoms with Gasteiger partial charge in [0.05, 0.1) is 19.3 Å². The summed E-state index contributed by atoms with van der Waals surface area (Å²) in [5, 5.41) is 10.1. The van der Waals surface area contributed by atoms with Gasteiger partial charge >= 0.3 is 5.97 Å². The number of esters is 1. The van der Waals surface area contributed by atoms with Crippen LogP contribution in [-0.4, -0.2) is 30.1 Å². The molecule has 1 saturated heterocycles. The van der Waals surface area contributed by atoms with Crippen LogP contribution in [0.25, 0.3) is 0 Å². The lowest BCUT2D eigenvalue weighted by molar-refractivity contribution is -0.295. The maximum Gasteiger partial charge on any atom is 0.330 e. The first kappa shape index (κ1) is 17.5. The van der Waals surface area contributed by atoms with Crippen molar-refractivity contribution in [2.45, 2.75) is 39.1 Å². The number of ether oxygens (including phenoxy) is 3. The number of rotatable bonds is 5. The minimum Gasteiger partial charge on any atom is -0.508 e. The molecule has 1 N–H and O–H groups in total. The maximum absolute atomic E-state index is 11.4. The predicted molar refractivity (Wildman–Crippen MR) is 85.8 cm³/mol. The molecule has 23 heavy (non-hydrogen) atoms. The smallest absolute Gasteiger partial charge is 0.330 e.